The molecule has 2 aliphatic rings. The summed E-state index contributed by atoms with van der Waals surface area (Å²) in [6.07, 6.45) is 5.46. The van der Waals surface area contributed by atoms with Crippen molar-refractivity contribution < 1.29 is 0 Å². The third kappa shape index (κ3) is 2.09. The van der Waals surface area contributed by atoms with Gasteiger partial charge >= 0.3 is 0 Å². The van der Waals surface area contributed by atoms with E-state index in [1.165, 1.54) is 25.7 Å². The third-order valence-electron chi connectivity index (χ3n) is 4.58. The molecule has 1 aromatic carbocycles. The lowest BCUT2D eigenvalue weighted by atomic mass is 9.81. The lowest BCUT2D eigenvalue weighted by molar-refractivity contribution is 0.284. The van der Waals surface area contributed by atoms with Gasteiger partial charge in [0.15, 0.2) is 0 Å². The van der Waals surface area contributed by atoms with Crippen LogP contribution in [0.25, 0.3) is 0 Å². The molecule has 2 fully saturated rings. The second-order valence-electron chi connectivity index (χ2n) is 5.54. The highest BCUT2D eigenvalue weighted by Crippen LogP contribution is 2.52. The molecule has 1 aromatic rings. The summed E-state index contributed by atoms with van der Waals surface area (Å²) in [5, 5.41) is 1.22. The van der Waals surface area contributed by atoms with Crippen LogP contribution in [0.3, 0.4) is 0 Å². The molecule has 0 radical (unpaired) electrons. The molecule has 3 heteroatoms. The van der Waals surface area contributed by atoms with E-state index in [-0.39, 0.29) is 6.04 Å². The van der Waals surface area contributed by atoms with Gasteiger partial charge < -0.3 is 5.73 Å². The molecule has 2 N–H and O–H groups in total. The van der Waals surface area contributed by atoms with Gasteiger partial charge in [0.25, 0.3) is 0 Å². The van der Waals surface area contributed by atoms with E-state index >= 15 is 0 Å². The molecule has 4 atom stereocenters. The Hall–Kier alpha value is -0.240. The minimum Gasteiger partial charge on any atom is -0.324 e. The van der Waals surface area contributed by atoms with Crippen molar-refractivity contribution in [2.75, 3.05) is 0 Å². The molecule has 4 unspecified atom stereocenters. The lowest BCUT2D eigenvalue weighted by Crippen LogP contribution is -2.25. The second kappa shape index (κ2) is 4.46. The first-order valence-corrected chi connectivity index (χ1v) is 7.11. The van der Waals surface area contributed by atoms with Gasteiger partial charge in [0.05, 0.1) is 10.0 Å². The molecule has 2 saturated carbocycles. The van der Waals surface area contributed by atoms with Crippen LogP contribution >= 0.6 is 23.2 Å². The normalized spacial score (nSPS) is 33.0. The second-order valence-corrected chi connectivity index (χ2v) is 6.35. The van der Waals surface area contributed by atoms with Crippen molar-refractivity contribution in [2.24, 2.45) is 23.5 Å². The first kappa shape index (κ1) is 11.8. The zero-order valence-electron chi connectivity index (χ0n) is 9.70. The average molecular weight is 270 g/mol. The number of rotatable bonds is 2. The van der Waals surface area contributed by atoms with Crippen molar-refractivity contribution in [3.63, 3.8) is 0 Å². The summed E-state index contributed by atoms with van der Waals surface area (Å²) in [5.74, 6) is 2.41. The Morgan fingerprint density at radius 2 is 1.94 bits per heavy atom. The molecule has 0 spiro atoms. The highest BCUT2D eigenvalue weighted by Gasteiger charge is 2.42. The Labute approximate surface area is 112 Å². The number of hydrogen-bond acceptors (Lipinski definition) is 1. The van der Waals surface area contributed by atoms with E-state index < -0.39 is 0 Å². The molecular formula is C14H17Cl2N. The van der Waals surface area contributed by atoms with Gasteiger partial charge in [-0.25, -0.2) is 0 Å². The van der Waals surface area contributed by atoms with Crippen LogP contribution in [0.1, 0.15) is 37.3 Å². The molecule has 3 rings (SSSR count). The van der Waals surface area contributed by atoms with Gasteiger partial charge in [0.2, 0.25) is 0 Å². The van der Waals surface area contributed by atoms with Crippen LogP contribution < -0.4 is 5.73 Å². The summed E-state index contributed by atoms with van der Waals surface area (Å²) in [5.41, 5.74) is 7.54. The molecule has 0 aliphatic heterocycles. The maximum atomic E-state index is 6.40. The van der Waals surface area contributed by atoms with E-state index in [0.29, 0.717) is 16.0 Å². The Balaban J connectivity index is 1.81. The molecule has 17 heavy (non-hydrogen) atoms. The molecule has 0 aromatic heterocycles. The van der Waals surface area contributed by atoms with E-state index in [2.05, 4.69) is 0 Å². The summed E-state index contributed by atoms with van der Waals surface area (Å²) < 4.78 is 0. The standard InChI is InChI=1S/C14H17Cl2N/c15-12-4-3-10(7-13(12)16)14(17)11-6-8-1-2-9(11)5-8/h3-4,7-9,11,14H,1-2,5-6,17H2. The van der Waals surface area contributed by atoms with Crippen molar-refractivity contribution in [2.45, 2.75) is 31.7 Å². The SMILES string of the molecule is NC(c1ccc(Cl)c(Cl)c1)C1CC2CCC1C2. The average Bonchev–Trinajstić information content (AvgIpc) is 2.93. The van der Waals surface area contributed by atoms with Gasteiger partial charge in [-0.05, 0) is 54.7 Å². The third-order valence-corrected chi connectivity index (χ3v) is 5.32. The van der Waals surface area contributed by atoms with Crippen molar-refractivity contribution >= 4 is 23.2 Å². The molecule has 1 nitrogen and oxygen atoms in total. The number of fused-ring (bicyclic) bond motifs is 2. The van der Waals surface area contributed by atoms with Gasteiger partial charge in [-0.1, -0.05) is 35.7 Å². The smallest absolute Gasteiger partial charge is 0.0595 e. The summed E-state index contributed by atoms with van der Waals surface area (Å²) >= 11 is 12.0. The van der Waals surface area contributed by atoms with Crippen LogP contribution in [-0.4, -0.2) is 0 Å². The number of nitrogens with two attached hydrogens (primary N) is 1. The van der Waals surface area contributed by atoms with E-state index in [0.717, 1.165) is 17.4 Å². The van der Waals surface area contributed by atoms with E-state index in [1.807, 2.05) is 18.2 Å². The minimum atomic E-state index is 0.125. The molecule has 0 amide bonds. The molecular weight excluding hydrogens is 253 g/mol. The molecule has 0 heterocycles. The fourth-order valence-electron chi connectivity index (χ4n) is 3.70. The maximum Gasteiger partial charge on any atom is 0.0595 e. The maximum absolute atomic E-state index is 6.40. The Kier molecular flexibility index (Phi) is 3.10. The van der Waals surface area contributed by atoms with Crippen LogP contribution in [0.15, 0.2) is 18.2 Å². The number of halogens is 2. The van der Waals surface area contributed by atoms with E-state index in [1.54, 1.807) is 0 Å². The fourth-order valence-corrected chi connectivity index (χ4v) is 4.01. The van der Waals surface area contributed by atoms with Crippen LogP contribution in [0.4, 0.5) is 0 Å². The van der Waals surface area contributed by atoms with Crippen LogP contribution in [-0.2, 0) is 0 Å². The van der Waals surface area contributed by atoms with Gasteiger partial charge in [-0.3, -0.25) is 0 Å². The minimum absolute atomic E-state index is 0.125. The zero-order valence-corrected chi connectivity index (χ0v) is 11.2. The molecule has 0 saturated heterocycles. The quantitative estimate of drug-likeness (QED) is 0.845. The Morgan fingerprint density at radius 3 is 2.53 bits per heavy atom. The van der Waals surface area contributed by atoms with Gasteiger partial charge in [-0.2, -0.15) is 0 Å². The fraction of sp³-hybridized carbons (Fsp3) is 0.571. The first-order valence-electron chi connectivity index (χ1n) is 6.35. The van der Waals surface area contributed by atoms with Crippen molar-refractivity contribution in [1.29, 1.82) is 0 Å². The van der Waals surface area contributed by atoms with Gasteiger partial charge in [0.1, 0.15) is 0 Å². The predicted molar refractivity (Wildman–Crippen MR) is 72.3 cm³/mol. The summed E-state index contributed by atoms with van der Waals surface area (Å²) in [4.78, 5) is 0. The molecule has 92 valence electrons. The van der Waals surface area contributed by atoms with Gasteiger partial charge in [-0.15, -0.1) is 0 Å². The van der Waals surface area contributed by atoms with Crippen LogP contribution in [0.2, 0.25) is 10.0 Å². The summed E-state index contributed by atoms with van der Waals surface area (Å²) in [6.45, 7) is 0. The Bertz CT molecular complexity index is 432. The van der Waals surface area contributed by atoms with Crippen LogP contribution in [0, 0.1) is 17.8 Å². The zero-order chi connectivity index (χ0) is 12.0. The van der Waals surface area contributed by atoms with E-state index in [9.17, 15) is 0 Å². The van der Waals surface area contributed by atoms with Crippen molar-refractivity contribution in [1.82, 2.24) is 0 Å². The first-order chi connectivity index (χ1) is 8.15. The van der Waals surface area contributed by atoms with Crippen molar-refractivity contribution in [3.05, 3.63) is 33.8 Å². The van der Waals surface area contributed by atoms with Crippen LogP contribution in [0.5, 0.6) is 0 Å². The largest absolute Gasteiger partial charge is 0.324 e. The molecule has 2 aliphatic carbocycles. The number of benzene rings is 1. The predicted octanol–water partition coefficient (Wildman–Crippen LogP) is 4.43. The topological polar surface area (TPSA) is 26.0 Å². The number of hydrogen-bond donors (Lipinski definition) is 1. The summed E-state index contributed by atoms with van der Waals surface area (Å²) in [6, 6.07) is 5.93. The summed E-state index contributed by atoms with van der Waals surface area (Å²) in [7, 11) is 0. The van der Waals surface area contributed by atoms with Gasteiger partial charge in [0, 0.05) is 6.04 Å². The highest BCUT2D eigenvalue weighted by atomic mass is 35.5. The molecule has 2 bridgehead atoms. The Morgan fingerprint density at radius 1 is 1.12 bits per heavy atom. The highest BCUT2D eigenvalue weighted by molar-refractivity contribution is 6.42. The lowest BCUT2D eigenvalue weighted by Gasteiger charge is -2.28. The monoisotopic (exact) mass is 269 g/mol. The van der Waals surface area contributed by atoms with Crippen molar-refractivity contribution in [3.8, 4) is 0 Å². The van der Waals surface area contributed by atoms with E-state index in [4.69, 9.17) is 28.9 Å².